The van der Waals surface area contributed by atoms with Gasteiger partial charge in [-0.25, -0.2) is 0 Å². The molecule has 0 aliphatic carbocycles. The van der Waals surface area contributed by atoms with Crippen molar-refractivity contribution in [2.75, 3.05) is 0 Å². The summed E-state index contributed by atoms with van der Waals surface area (Å²) in [7, 11) is 0. The maximum atomic E-state index is 8.71. The lowest BCUT2D eigenvalue weighted by Gasteiger charge is -2.11. The van der Waals surface area contributed by atoms with E-state index in [0.29, 0.717) is 5.56 Å². The third-order valence-electron chi connectivity index (χ3n) is 2.14. The van der Waals surface area contributed by atoms with Crippen LogP contribution >= 0.6 is 0 Å². The van der Waals surface area contributed by atoms with E-state index in [1.165, 1.54) is 5.56 Å². The molecule has 0 unspecified atom stereocenters. The number of rotatable bonds is 2. The van der Waals surface area contributed by atoms with Gasteiger partial charge < -0.3 is 5.73 Å². The van der Waals surface area contributed by atoms with Gasteiger partial charge in [-0.1, -0.05) is 13.0 Å². The first-order chi connectivity index (χ1) is 6.19. The highest BCUT2D eigenvalue weighted by Gasteiger charge is 2.05. The molecule has 0 spiro atoms. The predicted octanol–water partition coefficient (Wildman–Crippen LogP) is 2.14. The van der Waals surface area contributed by atoms with Crippen molar-refractivity contribution in [1.82, 2.24) is 0 Å². The topological polar surface area (TPSA) is 49.8 Å². The average Bonchev–Trinajstić information content (AvgIpc) is 2.16. The van der Waals surface area contributed by atoms with Gasteiger partial charge in [0.2, 0.25) is 0 Å². The van der Waals surface area contributed by atoms with Gasteiger partial charge in [0.05, 0.1) is 11.6 Å². The van der Waals surface area contributed by atoms with Crippen LogP contribution in [0.3, 0.4) is 0 Å². The van der Waals surface area contributed by atoms with Crippen LogP contribution in [0.1, 0.15) is 36.6 Å². The lowest BCUT2D eigenvalue weighted by Crippen LogP contribution is -2.08. The molecule has 2 N–H and O–H groups in total. The van der Waals surface area contributed by atoms with Crippen LogP contribution in [0.2, 0.25) is 0 Å². The molecule has 0 aliphatic rings. The number of hydrogen-bond acceptors (Lipinski definition) is 2. The normalized spacial score (nSPS) is 12.2. The third kappa shape index (κ3) is 2.07. The Bertz CT molecular complexity index is 334. The van der Waals surface area contributed by atoms with Crippen molar-refractivity contribution < 1.29 is 0 Å². The summed E-state index contributed by atoms with van der Waals surface area (Å²) < 4.78 is 0. The second-order valence-corrected chi connectivity index (χ2v) is 3.17. The van der Waals surface area contributed by atoms with Crippen molar-refractivity contribution in [2.24, 2.45) is 5.73 Å². The maximum absolute atomic E-state index is 8.71. The number of nitrogens with zero attached hydrogens (tertiary/aromatic N) is 1. The molecule has 2 heteroatoms. The Hall–Kier alpha value is -1.33. The fraction of sp³-hybridized carbons (Fsp3) is 0.364. The van der Waals surface area contributed by atoms with Gasteiger partial charge in [0.15, 0.2) is 0 Å². The zero-order valence-electron chi connectivity index (χ0n) is 8.04. The Labute approximate surface area is 79.0 Å². The predicted molar refractivity (Wildman–Crippen MR) is 53.1 cm³/mol. The Morgan fingerprint density at radius 3 is 2.69 bits per heavy atom. The van der Waals surface area contributed by atoms with Gasteiger partial charge >= 0.3 is 0 Å². The molecule has 2 nitrogen and oxygen atoms in total. The minimum Gasteiger partial charge on any atom is -0.324 e. The average molecular weight is 174 g/mol. The van der Waals surface area contributed by atoms with Gasteiger partial charge in [0, 0.05) is 6.04 Å². The molecule has 0 heterocycles. The molecule has 13 heavy (non-hydrogen) atoms. The minimum absolute atomic E-state index is 0.0442. The zero-order chi connectivity index (χ0) is 9.84. The number of nitriles is 1. The summed E-state index contributed by atoms with van der Waals surface area (Å²) in [5, 5.41) is 8.71. The van der Waals surface area contributed by atoms with Crippen molar-refractivity contribution in [3.63, 3.8) is 0 Å². The largest absolute Gasteiger partial charge is 0.324 e. The summed E-state index contributed by atoms with van der Waals surface area (Å²) in [6.07, 6.45) is 0.923. The number of benzene rings is 1. The molecule has 1 aromatic carbocycles. The summed E-state index contributed by atoms with van der Waals surface area (Å²) >= 11 is 0. The fourth-order valence-electron chi connectivity index (χ4n) is 1.43. The first-order valence-corrected chi connectivity index (χ1v) is 4.47. The first kappa shape index (κ1) is 9.76. The van der Waals surface area contributed by atoms with Crippen molar-refractivity contribution >= 4 is 0 Å². The van der Waals surface area contributed by atoms with Crippen molar-refractivity contribution in [3.05, 3.63) is 34.9 Å². The van der Waals surface area contributed by atoms with Gasteiger partial charge in [0.1, 0.15) is 0 Å². The highest BCUT2D eigenvalue weighted by molar-refractivity contribution is 5.39. The summed E-state index contributed by atoms with van der Waals surface area (Å²) in [5.41, 5.74) is 8.82. The van der Waals surface area contributed by atoms with Crippen molar-refractivity contribution in [3.8, 4) is 6.07 Å². The third-order valence-corrected chi connectivity index (χ3v) is 2.14. The molecule has 0 saturated heterocycles. The molecule has 1 rings (SSSR count). The van der Waals surface area contributed by atoms with E-state index in [1.807, 2.05) is 25.1 Å². The first-order valence-electron chi connectivity index (χ1n) is 4.47. The lowest BCUT2D eigenvalue weighted by molar-refractivity contribution is 0.801. The van der Waals surface area contributed by atoms with E-state index in [2.05, 4.69) is 13.0 Å². The Balaban J connectivity index is 3.17. The monoisotopic (exact) mass is 174 g/mol. The van der Waals surface area contributed by atoms with E-state index in [9.17, 15) is 0 Å². The summed E-state index contributed by atoms with van der Waals surface area (Å²) in [4.78, 5) is 0. The molecule has 1 atom stereocenters. The molecular formula is C11H14N2. The van der Waals surface area contributed by atoms with Crippen molar-refractivity contribution in [1.29, 1.82) is 5.26 Å². The smallest absolute Gasteiger partial charge is 0.0991 e. The van der Waals surface area contributed by atoms with E-state index in [0.717, 1.165) is 12.0 Å². The van der Waals surface area contributed by atoms with Gasteiger partial charge in [0.25, 0.3) is 0 Å². The number of aryl methyl sites for hydroxylation is 1. The van der Waals surface area contributed by atoms with Crippen molar-refractivity contribution in [2.45, 2.75) is 26.3 Å². The Morgan fingerprint density at radius 1 is 1.54 bits per heavy atom. The minimum atomic E-state index is 0.0442. The van der Waals surface area contributed by atoms with Gasteiger partial charge in [-0.2, -0.15) is 5.26 Å². The zero-order valence-corrected chi connectivity index (χ0v) is 8.04. The molecule has 0 aliphatic heterocycles. The molecule has 0 saturated carbocycles. The Kier molecular flexibility index (Phi) is 3.05. The van der Waals surface area contributed by atoms with Crippen LogP contribution in [0, 0.1) is 11.3 Å². The molecule has 1 aromatic rings. The van der Waals surface area contributed by atoms with Gasteiger partial charge in [-0.05, 0) is 36.6 Å². The molecular weight excluding hydrogens is 160 g/mol. The highest BCUT2D eigenvalue weighted by atomic mass is 14.6. The van der Waals surface area contributed by atoms with Crippen LogP contribution in [-0.4, -0.2) is 0 Å². The summed E-state index contributed by atoms with van der Waals surface area (Å²) in [6, 6.07) is 7.85. The van der Waals surface area contributed by atoms with E-state index in [1.54, 1.807) is 0 Å². The van der Waals surface area contributed by atoms with Gasteiger partial charge in [-0.15, -0.1) is 0 Å². The number of nitrogens with two attached hydrogens (primary N) is 1. The van der Waals surface area contributed by atoms with Crippen LogP contribution in [-0.2, 0) is 6.42 Å². The molecule has 0 amide bonds. The standard InChI is InChI=1S/C11H14N2/c1-3-10-6-9(7-12)4-5-11(10)8(2)13/h4-6,8H,3,13H2,1-2H3/t8-/m1/s1. The second kappa shape index (κ2) is 4.06. The summed E-state index contributed by atoms with van der Waals surface area (Å²) in [6.45, 7) is 4.03. The fourth-order valence-corrected chi connectivity index (χ4v) is 1.43. The highest BCUT2D eigenvalue weighted by Crippen LogP contribution is 2.17. The molecule has 0 radical (unpaired) electrons. The van der Waals surface area contributed by atoms with E-state index < -0.39 is 0 Å². The molecule has 0 fully saturated rings. The van der Waals surface area contributed by atoms with E-state index >= 15 is 0 Å². The van der Waals surface area contributed by atoms with Crippen LogP contribution in [0.15, 0.2) is 18.2 Å². The van der Waals surface area contributed by atoms with Crippen LogP contribution < -0.4 is 5.73 Å². The van der Waals surface area contributed by atoms with Crippen LogP contribution in [0.5, 0.6) is 0 Å². The van der Waals surface area contributed by atoms with E-state index in [-0.39, 0.29) is 6.04 Å². The second-order valence-electron chi connectivity index (χ2n) is 3.17. The summed E-state index contributed by atoms with van der Waals surface area (Å²) in [5.74, 6) is 0. The number of hydrogen-bond donors (Lipinski definition) is 1. The Morgan fingerprint density at radius 2 is 2.23 bits per heavy atom. The lowest BCUT2D eigenvalue weighted by atomic mass is 9.98. The van der Waals surface area contributed by atoms with Gasteiger partial charge in [-0.3, -0.25) is 0 Å². The molecule has 0 bridgehead atoms. The quantitative estimate of drug-likeness (QED) is 0.746. The SMILES string of the molecule is CCc1cc(C#N)ccc1[C@@H](C)N. The molecule has 68 valence electrons. The van der Waals surface area contributed by atoms with Crippen LogP contribution in [0.25, 0.3) is 0 Å². The van der Waals surface area contributed by atoms with Crippen LogP contribution in [0.4, 0.5) is 0 Å². The maximum Gasteiger partial charge on any atom is 0.0991 e. The molecule has 0 aromatic heterocycles. The van der Waals surface area contributed by atoms with E-state index in [4.69, 9.17) is 11.0 Å².